The summed E-state index contributed by atoms with van der Waals surface area (Å²) in [5, 5.41) is 3.37. The second kappa shape index (κ2) is 5.98. The van der Waals surface area contributed by atoms with Crippen LogP contribution < -0.4 is 5.32 Å². The van der Waals surface area contributed by atoms with Gasteiger partial charge in [0.05, 0.1) is 5.75 Å². The smallest absolute Gasteiger partial charge is 0.148 e. The van der Waals surface area contributed by atoms with Crippen molar-refractivity contribution < 1.29 is 13.2 Å². The lowest BCUT2D eigenvalue weighted by molar-refractivity contribution is 0.0550. The number of hydrogen-bond donors (Lipinski definition) is 1. The summed E-state index contributed by atoms with van der Waals surface area (Å²) in [6, 6.07) is 0.383. The van der Waals surface area contributed by atoms with E-state index in [1.54, 1.807) is 0 Å². The maximum atomic E-state index is 11.1. The highest BCUT2D eigenvalue weighted by atomic mass is 32.2. The minimum absolute atomic E-state index is 0.0212. The first-order valence-corrected chi connectivity index (χ1v) is 7.96. The van der Waals surface area contributed by atoms with Crippen molar-refractivity contribution in [2.24, 2.45) is 5.92 Å². The molecule has 5 heteroatoms. The predicted octanol–water partition coefficient (Wildman–Crippen LogP) is 0.824. The first-order valence-electron chi connectivity index (χ1n) is 5.90. The van der Waals surface area contributed by atoms with Crippen LogP contribution in [-0.4, -0.2) is 45.7 Å². The highest BCUT2D eigenvalue weighted by molar-refractivity contribution is 7.90. The van der Waals surface area contributed by atoms with Crippen molar-refractivity contribution in [2.45, 2.75) is 38.8 Å². The Balaban J connectivity index is 2.34. The van der Waals surface area contributed by atoms with Gasteiger partial charge >= 0.3 is 0 Å². The topological polar surface area (TPSA) is 55.4 Å². The molecule has 0 amide bonds. The summed E-state index contributed by atoms with van der Waals surface area (Å²) in [7, 11) is -2.89. The van der Waals surface area contributed by atoms with Gasteiger partial charge in [-0.2, -0.15) is 0 Å². The van der Waals surface area contributed by atoms with E-state index < -0.39 is 9.84 Å². The Labute approximate surface area is 98.7 Å². The van der Waals surface area contributed by atoms with Gasteiger partial charge in [0.2, 0.25) is 0 Å². The third kappa shape index (κ3) is 5.27. The molecule has 0 aromatic rings. The minimum Gasteiger partial charge on any atom is -0.381 e. The van der Waals surface area contributed by atoms with Gasteiger partial charge in [-0.05, 0) is 32.6 Å². The van der Waals surface area contributed by atoms with Crippen molar-refractivity contribution in [1.82, 2.24) is 5.32 Å². The maximum Gasteiger partial charge on any atom is 0.148 e. The van der Waals surface area contributed by atoms with Crippen molar-refractivity contribution in [3.05, 3.63) is 0 Å². The molecule has 1 fully saturated rings. The van der Waals surface area contributed by atoms with E-state index in [1.807, 2.05) is 6.92 Å². The third-order valence-electron chi connectivity index (χ3n) is 3.07. The van der Waals surface area contributed by atoms with E-state index in [1.165, 1.54) is 6.26 Å². The van der Waals surface area contributed by atoms with Crippen molar-refractivity contribution in [3.8, 4) is 0 Å². The summed E-state index contributed by atoms with van der Waals surface area (Å²) in [5.74, 6) is 0.816. The average molecular weight is 249 g/mol. The molecule has 0 bridgehead atoms. The predicted molar refractivity (Wildman–Crippen MR) is 65.3 cm³/mol. The highest BCUT2D eigenvalue weighted by Crippen LogP contribution is 2.18. The molecule has 0 saturated carbocycles. The molecule has 2 atom stereocenters. The van der Waals surface area contributed by atoms with Gasteiger partial charge in [-0.3, -0.25) is 0 Å². The van der Waals surface area contributed by atoms with E-state index in [-0.39, 0.29) is 11.8 Å². The number of nitrogens with one attached hydrogen (secondary N) is 1. The summed E-state index contributed by atoms with van der Waals surface area (Å²) in [6.07, 6.45) is 3.42. The summed E-state index contributed by atoms with van der Waals surface area (Å²) in [5.41, 5.74) is 0. The first-order chi connectivity index (χ1) is 7.38. The maximum absolute atomic E-state index is 11.1. The molecule has 16 heavy (non-hydrogen) atoms. The van der Waals surface area contributed by atoms with E-state index >= 15 is 0 Å². The van der Waals surface area contributed by atoms with Gasteiger partial charge in [0.25, 0.3) is 0 Å². The van der Waals surface area contributed by atoms with Gasteiger partial charge in [-0.15, -0.1) is 0 Å². The second-order valence-corrected chi connectivity index (χ2v) is 7.08. The molecule has 1 saturated heterocycles. The minimum atomic E-state index is -2.89. The Hall–Kier alpha value is -0.130. The molecule has 2 unspecified atom stereocenters. The van der Waals surface area contributed by atoms with E-state index in [0.29, 0.717) is 12.0 Å². The molecule has 0 aliphatic carbocycles. The fourth-order valence-electron chi connectivity index (χ4n) is 2.30. The number of hydrogen-bond acceptors (Lipinski definition) is 4. The van der Waals surface area contributed by atoms with E-state index in [9.17, 15) is 8.42 Å². The zero-order chi connectivity index (χ0) is 12.2. The standard InChI is InChI=1S/C11H23NO3S/c1-9(8-16(3,13)14)12-10(2)11-4-6-15-7-5-11/h9-12H,4-8H2,1-3H3. The van der Waals surface area contributed by atoms with Gasteiger partial charge in [-0.1, -0.05) is 0 Å². The van der Waals surface area contributed by atoms with Crippen LogP contribution in [0.1, 0.15) is 26.7 Å². The summed E-state index contributed by atoms with van der Waals surface area (Å²) >= 11 is 0. The Kier molecular flexibility index (Phi) is 5.21. The molecule has 0 spiro atoms. The third-order valence-corrected chi connectivity index (χ3v) is 4.18. The number of rotatable bonds is 5. The summed E-state index contributed by atoms with van der Waals surface area (Å²) in [6.45, 7) is 5.72. The normalized spacial score (nSPS) is 22.9. The molecule has 1 heterocycles. The van der Waals surface area contributed by atoms with Crippen LogP contribution in [-0.2, 0) is 14.6 Å². The zero-order valence-electron chi connectivity index (χ0n) is 10.4. The van der Waals surface area contributed by atoms with Crippen molar-refractivity contribution in [1.29, 1.82) is 0 Å². The van der Waals surface area contributed by atoms with Crippen LogP contribution >= 0.6 is 0 Å². The van der Waals surface area contributed by atoms with Gasteiger partial charge in [0, 0.05) is 31.6 Å². The van der Waals surface area contributed by atoms with Crippen molar-refractivity contribution in [3.63, 3.8) is 0 Å². The quantitative estimate of drug-likeness (QED) is 0.784. The Morgan fingerprint density at radius 1 is 1.31 bits per heavy atom. The fraction of sp³-hybridized carbons (Fsp3) is 1.00. The average Bonchev–Trinajstić information content (AvgIpc) is 2.16. The first kappa shape index (κ1) is 13.9. The molecule has 0 radical (unpaired) electrons. The molecule has 0 aromatic carbocycles. The summed E-state index contributed by atoms with van der Waals surface area (Å²) in [4.78, 5) is 0. The van der Waals surface area contributed by atoms with Crippen LogP contribution in [0.2, 0.25) is 0 Å². The van der Waals surface area contributed by atoms with Crippen LogP contribution in [0.15, 0.2) is 0 Å². The molecule has 1 aliphatic rings. The van der Waals surface area contributed by atoms with Crippen LogP contribution in [0.25, 0.3) is 0 Å². The fourth-order valence-corrected chi connectivity index (χ4v) is 3.31. The second-order valence-electron chi connectivity index (χ2n) is 4.90. The lowest BCUT2D eigenvalue weighted by atomic mass is 9.92. The number of ether oxygens (including phenoxy) is 1. The Morgan fingerprint density at radius 3 is 2.38 bits per heavy atom. The van der Waals surface area contributed by atoms with E-state index in [2.05, 4.69) is 12.2 Å². The Bertz CT molecular complexity index is 296. The van der Waals surface area contributed by atoms with E-state index in [0.717, 1.165) is 26.1 Å². The van der Waals surface area contributed by atoms with Gasteiger partial charge in [-0.25, -0.2) is 8.42 Å². The van der Waals surface area contributed by atoms with Crippen LogP contribution in [0, 0.1) is 5.92 Å². The lowest BCUT2D eigenvalue weighted by Crippen LogP contribution is -2.44. The van der Waals surface area contributed by atoms with Crippen LogP contribution in [0.5, 0.6) is 0 Å². The molecule has 96 valence electrons. The monoisotopic (exact) mass is 249 g/mol. The molecule has 0 aromatic heterocycles. The van der Waals surface area contributed by atoms with Crippen LogP contribution in [0.4, 0.5) is 0 Å². The molecular weight excluding hydrogens is 226 g/mol. The molecule has 1 aliphatic heterocycles. The largest absolute Gasteiger partial charge is 0.381 e. The zero-order valence-corrected chi connectivity index (χ0v) is 11.2. The number of sulfone groups is 1. The van der Waals surface area contributed by atoms with Gasteiger partial charge in [0.1, 0.15) is 9.84 Å². The van der Waals surface area contributed by atoms with Crippen molar-refractivity contribution in [2.75, 3.05) is 25.2 Å². The van der Waals surface area contributed by atoms with Gasteiger partial charge in [0.15, 0.2) is 0 Å². The Morgan fingerprint density at radius 2 is 1.88 bits per heavy atom. The highest BCUT2D eigenvalue weighted by Gasteiger charge is 2.22. The lowest BCUT2D eigenvalue weighted by Gasteiger charge is -2.30. The molecule has 1 N–H and O–H groups in total. The van der Waals surface area contributed by atoms with Gasteiger partial charge < -0.3 is 10.1 Å². The summed E-state index contributed by atoms with van der Waals surface area (Å²) < 4.78 is 27.6. The van der Waals surface area contributed by atoms with E-state index in [4.69, 9.17) is 4.74 Å². The SMILES string of the molecule is CC(CS(C)(=O)=O)NC(C)C1CCOCC1. The molecule has 1 rings (SSSR count). The molecular formula is C11H23NO3S. The molecule has 4 nitrogen and oxygen atoms in total. The van der Waals surface area contributed by atoms with Crippen LogP contribution in [0.3, 0.4) is 0 Å². The van der Waals surface area contributed by atoms with Crippen molar-refractivity contribution >= 4 is 9.84 Å².